The van der Waals surface area contributed by atoms with Gasteiger partial charge in [0.05, 0.1) is 0 Å². The fraction of sp³-hybridized carbons (Fsp3) is 0.127. The number of furan rings is 1. The molecular formula is C55H47NO. The van der Waals surface area contributed by atoms with Gasteiger partial charge in [-0.3, -0.25) is 0 Å². The van der Waals surface area contributed by atoms with Crippen LogP contribution in [0, 0.1) is 12.8 Å². The molecule has 0 saturated carbocycles. The molecule has 0 bridgehead atoms. The number of para-hydroxylation sites is 2. The molecule has 2 aromatic heterocycles. The number of fused-ring (bicyclic) bond motifs is 5. The van der Waals surface area contributed by atoms with Gasteiger partial charge in [-0.15, -0.1) is 6.58 Å². The average Bonchev–Trinajstić information content (AvgIpc) is 3.51. The standard InChI is InChI=1S/C55H47NO/c1-4-6-32-50-42(21-5-2)38(3)37-40(24-20-36-56(50)41-25-12-8-13-26-41)43-34-35-49(54-48-31-18-19-33-51(48)57-55(43)54)53-46-28-15-9-14-27-44(46)52(39-22-10-7-11-23-39)45-29-16-17-30-47(45)53/h5-13,15-20,22-26,28-37,44H,2,4,14,21,27H2,1,3H3/b32-6-,36-20?,38-37?,40-24?,50-42?. The molecule has 2 aliphatic rings. The van der Waals surface area contributed by atoms with Crippen LogP contribution in [0.15, 0.2) is 193 Å². The summed E-state index contributed by atoms with van der Waals surface area (Å²) in [6, 6.07) is 50.5. The van der Waals surface area contributed by atoms with Gasteiger partial charge in [0.2, 0.25) is 0 Å². The van der Waals surface area contributed by atoms with E-state index in [9.17, 15) is 0 Å². The van der Waals surface area contributed by atoms with Crippen LogP contribution in [-0.2, 0) is 6.42 Å². The largest absolute Gasteiger partial charge is 0.455 e. The fourth-order valence-electron chi connectivity index (χ4n) is 9.01. The lowest BCUT2D eigenvalue weighted by molar-refractivity contribution is 0.670. The molecule has 278 valence electrons. The van der Waals surface area contributed by atoms with E-state index in [4.69, 9.17) is 4.42 Å². The summed E-state index contributed by atoms with van der Waals surface area (Å²) >= 11 is 0. The third-order valence-electron chi connectivity index (χ3n) is 11.5. The van der Waals surface area contributed by atoms with E-state index in [2.05, 4.69) is 201 Å². The third-order valence-corrected chi connectivity index (χ3v) is 11.5. The first kappa shape index (κ1) is 36.0. The van der Waals surface area contributed by atoms with Gasteiger partial charge >= 0.3 is 0 Å². The second-order valence-electron chi connectivity index (χ2n) is 15.0. The molecule has 1 atom stereocenters. The monoisotopic (exact) mass is 737 g/mol. The molecule has 0 fully saturated rings. The van der Waals surface area contributed by atoms with E-state index < -0.39 is 0 Å². The maximum absolute atomic E-state index is 6.99. The van der Waals surface area contributed by atoms with Gasteiger partial charge in [-0.2, -0.15) is 0 Å². The summed E-state index contributed by atoms with van der Waals surface area (Å²) in [7, 11) is 0. The highest BCUT2D eigenvalue weighted by Gasteiger charge is 2.31. The summed E-state index contributed by atoms with van der Waals surface area (Å²) in [6.07, 6.45) is 19.4. The Kier molecular flexibility index (Phi) is 10.0. The molecule has 9 rings (SSSR count). The van der Waals surface area contributed by atoms with Crippen molar-refractivity contribution in [1.82, 2.24) is 4.57 Å². The molecule has 2 heterocycles. The average molecular weight is 738 g/mol. The number of nitrogens with zero attached hydrogens (tertiary/aromatic N) is 1. The van der Waals surface area contributed by atoms with Crippen molar-refractivity contribution >= 4 is 39.2 Å². The fourth-order valence-corrected chi connectivity index (χ4v) is 9.01. The van der Waals surface area contributed by atoms with Crippen LogP contribution in [0.2, 0.25) is 0 Å². The van der Waals surface area contributed by atoms with Crippen molar-refractivity contribution < 1.29 is 4.42 Å². The molecule has 0 N–H and O–H groups in total. The number of hydrogen-bond donors (Lipinski definition) is 0. The first-order valence-corrected chi connectivity index (χ1v) is 20.3. The number of aryl methyl sites for hydroxylation is 1. The number of allylic oxidation sites excluding steroid dienone is 6. The van der Waals surface area contributed by atoms with E-state index in [1.54, 1.807) is 0 Å². The molecule has 0 saturated heterocycles. The van der Waals surface area contributed by atoms with Crippen molar-refractivity contribution in [2.45, 2.75) is 39.5 Å². The van der Waals surface area contributed by atoms with E-state index in [1.165, 1.54) is 49.4 Å². The summed E-state index contributed by atoms with van der Waals surface area (Å²) in [4.78, 5) is 0. The van der Waals surface area contributed by atoms with Crippen LogP contribution in [0.25, 0.3) is 56.0 Å². The van der Waals surface area contributed by atoms with Crippen LogP contribution < -0.4 is 10.4 Å². The third kappa shape index (κ3) is 6.62. The minimum absolute atomic E-state index is 0.256. The Labute approximate surface area is 335 Å². The van der Waals surface area contributed by atoms with E-state index in [0.717, 1.165) is 70.1 Å². The summed E-state index contributed by atoms with van der Waals surface area (Å²) in [5.41, 5.74) is 15.2. The van der Waals surface area contributed by atoms with Crippen LogP contribution in [0.1, 0.15) is 54.1 Å². The highest BCUT2D eigenvalue weighted by molar-refractivity contribution is 6.15. The predicted molar refractivity (Wildman–Crippen MR) is 241 cm³/mol. The molecule has 0 spiro atoms. The summed E-state index contributed by atoms with van der Waals surface area (Å²) < 4.78 is 9.29. The number of aromatic nitrogens is 1. The Morgan fingerprint density at radius 2 is 1.49 bits per heavy atom. The molecule has 2 aliphatic carbocycles. The van der Waals surface area contributed by atoms with E-state index in [0.29, 0.717) is 0 Å². The highest BCUT2D eigenvalue weighted by Crippen LogP contribution is 2.45. The number of hydrogen-bond acceptors (Lipinski definition) is 1. The molecule has 7 aromatic rings. The summed E-state index contributed by atoms with van der Waals surface area (Å²) in [5.74, 6) is 0.256. The maximum atomic E-state index is 6.99. The molecule has 57 heavy (non-hydrogen) atoms. The van der Waals surface area contributed by atoms with Gasteiger partial charge in [-0.1, -0.05) is 146 Å². The first-order chi connectivity index (χ1) is 28.2. The predicted octanol–water partition coefficient (Wildman–Crippen LogP) is 12.9. The molecular weight excluding hydrogens is 691 g/mol. The van der Waals surface area contributed by atoms with Crippen molar-refractivity contribution in [2.24, 2.45) is 5.92 Å². The SMILES string of the molecule is C=CCc1c(C)cc(-c2ccc(C3=c4ccccc4=C(c4ccccc4)C4CCC=CC=C34)c3c2oc2ccccc23)cccn(-c2ccccc2)c1/C=C\CC. The van der Waals surface area contributed by atoms with Crippen LogP contribution in [0.5, 0.6) is 0 Å². The Morgan fingerprint density at radius 1 is 0.772 bits per heavy atom. The van der Waals surface area contributed by atoms with E-state index in [1.807, 2.05) is 6.08 Å². The summed E-state index contributed by atoms with van der Waals surface area (Å²) in [6.45, 7) is 8.59. The quantitative estimate of drug-likeness (QED) is 0.142. The number of rotatable bonds is 8. The topological polar surface area (TPSA) is 18.1 Å². The van der Waals surface area contributed by atoms with Gasteiger partial charge in [0.15, 0.2) is 0 Å². The lowest BCUT2D eigenvalue weighted by atomic mass is 9.73. The molecule has 2 heteroatoms. The minimum Gasteiger partial charge on any atom is -0.455 e. The van der Waals surface area contributed by atoms with Gasteiger partial charge in [-0.25, -0.2) is 0 Å². The Balaban J connectivity index is 1.37. The smallest absolute Gasteiger partial charge is 0.143 e. The maximum Gasteiger partial charge on any atom is 0.143 e. The van der Waals surface area contributed by atoms with E-state index >= 15 is 0 Å². The Bertz CT molecular complexity index is 2930. The van der Waals surface area contributed by atoms with Crippen molar-refractivity contribution in [2.75, 3.05) is 0 Å². The highest BCUT2D eigenvalue weighted by atomic mass is 16.3. The van der Waals surface area contributed by atoms with E-state index in [-0.39, 0.29) is 5.92 Å². The van der Waals surface area contributed by atoms with Crippen molar-refractivity contribution in [1.29, 1.82) is 0 Å². The molecule has 0 radical (unpaired) electrons. The molecule has 0 amide bonds. The zero-order chi connectivity index (χ0) is 38.7. The number of benzene rings is 5. The van der Waals surface area contributed by atoms with Crippen LogP contribution in [0.4, 0.5) is 0 Å². The van der Waals surface area contributed by atoms with Crippen molar-refractivity contribution in [3.05, 3.63) is 227 Å². The van der Waals surface area contributed by atoms with Crippen LogP contribution in [0.3, 0.4) is 0 Å². The second kappa shape index (κ2) is 15.8. The van der Waals surface area contributed by atoms with Gasteiger partial charge < -0.3 is 8.98 Å². The lowest BCUT2D eigenvalue weighted by Gasteiger charge is -2.30. The molecule has 2 nitrogen and oxygen atoms in total. The van der Waals surface area contributed by atoms with Gasteiger partial charge in [0, 0.05) is 39.8 Å². The van der Waals surface area contributed by atoms with Crippen molar-refractivity contribution in [3.8, 4) is 16.8 Å². The van der Waals surface area contributed by atoms with Gasteiger partial charge in [-0.05, 0) is 124 Å². The van der Waals surface area contributed by atoms with Crippen molar-refractivity contribution in [3.63, 3.8) is 0 Å². The second-order valence-corrected chi connectivity index (χ2v) is 15.0. The Hall–Kier alpha value is -6.64. The van der Waals surface area contributed by atoms with Gasteiger partial charge in [0.25, 0.3) is 0 Å². The zero-order valence-corrected chi connectivity index (χ0v) is 32.8. The van der Waals surface area contributed by atoms with Crippen LogP contribution in [-0.4, -0.2) is 4.57 Å². The van der Waals surface area contributed by atoms with Gasteiger partial charge in [0.1, 0.15) is 11.2 Å². The van der Waals surface area contributed by atoms with Crippen LogP contribution >= 0.6 is 0 Å². The summed E-state index contributed by atoms with van der Waals surface area (Å²) in [5, 5.41) is 4.86. The first-order valence-electron chi connectivity index (χ1n) is 20.3. The lowest BCUT2D eigenvalue weighted by Crippen LogP contribution is -2.37. The minimum atomic E-state index is 0.256. The zero-order valence-electron chi connectivity index (χ0n) is 32.8. The molecule has 1 unspecified atom stereocenters. The Morgan fingerprint density at radius 3 is 2.30 bits per heavy atom. The normalized spacial score (nSPS) is 15.0. The molecule has 0 aliphatic heterocycles. The molecule has 5 aromatic carbocycles.